The predicted molar refractivity (Wildman–Crippen MR) is 81.8 cm³/mol. The van der Waals surface area contributed by atoms with Crippen molar-refractivity contribution in [2.45, 2.75) is 25.2 Å². The van der Waals surface area contributed by atoms with Gasteiger partial charge in [-0.25, -0.2) is 0 Å². The van der Waals surface area contributed by atoms with Gasteiger partial charge in [0.2, 0.25) is 0 Å². The Morgan fingerprint density at radius 1 is 1.10 bits per heavy atom. The third-order valence-corrected chi connectivity index (χ3v) is 4.36. The highest BCUT2D eigenvalue weighted by molar-refractivity contribution is 5.93. The van der Waals surface area contributed by atoms with Crippen molar-refractivity contribution in [3.63, 3.8) is 0 Å². The van der Waals surface area contributed by atoms with Crippen molar-refractivity contribution in [3.8, 4) is 11.5 Å². The Kier molecular flexibility index (Phi) is 3.53. The molecule has 20 heavy (non-hydrogen) atoms. The Labute approximate surface area is 119 Å². The summed E-state index contributed by atoms with van der Waals surface area (Å²) in [5.74, 6) is 2.45. The lowest BCUT2D eigenvalue weighted by Crippen LogP contribution is -2.14. The van der Waals surface area contributed by atoms with E-state index in [9.17, 15) is 0 Å². The van der Waals surface area contributed by atoms with Crippen molar-refractivity contribution in [1.29, 1.82) is 0 Å². The van der Waals surface area contributed by atoms with Gasteiger partial charge in [-0.3, -0.25) is 0 Å². The van der Waals surface area contributed by atoms with E-state index in [1.54, 1.807) is 14.2 Å². The minimum absolute atomic E-state index is 0.484. The van der Waals surface area contributed by atoms with Crippen molar-refractivity contribution >= 4 is 10.8 Å². The van der Waals surface area contributed by atoms with Gasteiger partial charge in [-0.05, 0) is 54.6 Å². The summed E-state index contributed by atoms with van der Waals surface area (Å²) in [5, 5.41) is 2.58. The van der Waals surface area contributed by atoms with Crippen molar-refractivity contribution in [3.05, 3.63) is 35.4 Å². The third kappa shape index (κ3) is 1.93. The molecule has 0 saturated carbocycles. The van der Waals surface area contributed by atoms with Crippen LogP contribution in [0.5, 0.6) is 11.5 Å². The molecule has 0 aliphatic heterocycles. The first-order valence-electron chi connectivity index (χ1n) is 7.16. The zero-order chi connectivity index (χ0) is 14.1. The van der Waals surface area contributed by atoms with E-state index in [4.69, 9.17) is 15.2 Å². The molecular weight excluding hydrogens is 250 g/mol. The van der Waals surface area contributed by atoms with Gasteiger partial charge in [-0.1, -0.05) is 12.1 Å². The van der Waals surface area contributed by atoms with Gasteiger partial charge in [0, 0.05) is 11.1 Å². The van der Waals surface area contributed by atoms with E-state index < -0.39 is 0 Å². The van der Waals surface area contributed by atoms with Crippen molar-refractivity contribution in [2.75, 3.05) is 20.8 Å². The molecule has 1 atom stereocenters. The van der Waals surface area contributed by atoms with E-state index in [-0.39, 0.29) is 0 Å². The molecule has 0 radical (unpaired) electrons. The van der Waals surface area contributed by atoms with E-state index in [2.05, 4.69) is 24.3 Å². The summed E-state index contributed by atoms with van der Waals surface area (Å²) >= 11 is 0. The van der Waals surface area contributed by atoms with Crippen LogP contribution in [0.1, 0.15) is 29.9 Å². The van der Waals surface area contributed by atoms with Gasteiger partial charge in [-0.2, -0.15) is 0 Å². The van der Waals surface area contributed by atoms with Crippen LogP contribution in [0, 0.1) is 0 Å². The van der Waals surface area contributed by atoms with Crippen LogP contribution >= 0.6 is 0 Å². The van der Waals surface area contributed by atoms with Crippen LogP contribution in [0.4, 0.5) is 0 Å². The number of methoxy groups -OCH3 is 2. The molecule has 0 fully saturated rings. The van der Waals surface area contributed by atoms with Crippen LogP contribution in [-0.2, 0) is 6.42 Å². The van der Waals surface area contributed by atoms with Crippen molar-refractivity contribution in [2.24, 2.45) is 5.73 Å². The summed E-state index contributed by atoms with van der Waals surface area (Å²) in [4.78, 5) is 0. The second kappa shape index (κ2) is 5.33. The molecule has 3 rings (SSSR count). The SMILES string of the molecule is COc1ccc2ccc(OC)c3c2c1CC[C@H]3CCN. The van der Waals surface area contributed by atoms with E-state index in [0.717, 1.165) is 30.8 Å². The second-order valence-corrected chi connectivity index (χ2v) is 5.34. The average Bonchev–Trinajstić information content (AvgIpc) is 2.50. The minimum Gasteiger partial charge on any atom is -0.496 e. The first-order chi connectivity index (χ1) is 9.80. The fraction of sp³-hybridized carbons (Fsp3) is 0.412. The van der Waals surface area contributed by atoms with Gasteiger partial charge in [0.1, 0.15) is 11.5 Å². The Balaban J connectivity index is 2.32. The molecule has 2 N–H and O–H groups in total. The lowest BCUT2D eigenvalue weighted by molar-refractivity contribution is 0.397. The van der Waals surface area contributed by atoms with Crippen LogP contribution in [0.25, 0.3) is 10.8 Å². The molecule has 0 heterocycles. The summed E-state index contributed by atoms with van der Waals surface area (Å²) in [7, 11) is 3.48. The highest BCUT2D eigenvalue weighted by atomic mass is 16.5. The molecule has 0 unspecified atom stereocenters. The molecular formula is C17H21NO2. The smallest absolute Gasteiger partial charge is 0.122 e. The molecule has 3 nitrogen and oxygen atoms in total. The third-order valence-electron chi connectivity index (χ3n) is 4.36. The highest BCUT2D eigenvalue weighted by Gasteiger charge is 2.26. The first-order valence-corrected chi connectivity index (χ1v) is 7.16. The number of hydrogen-bond acceptors (Lipinski definition) is 3. The molecule has 0 spiro atoms. The molecule has 1 aliphatic carbocycles. The Bertz CT molecular complexity index is 631. The minimum atomic E-state index is 0.484. The van der Waals surface area contributed by atoms with Crippen molar-refractivity contribution in [1.82, 2.24) is 0 Å². The summed E-state index contributed by atoms with van der Waals surface area (Å²) in [6, 6.07) is 8.40. The summed E-state index contributed by atoms with van der Waals surface area (Å²) in [6.07, 6.45) is 3.16. The monoisotopic (exact) mass is 271 g/mol. The number of benzene rings is 2. The van der Waals surface area contributed by atoms with Crippen LogP contribution in [0.15, 0.2) is 24.3 Å². The van der Waals surface area contributed by atoms with Gasteiger partial charge in [0.15, 0.2) is 0 Å². The quantitative estimate of drug-likeness (QED) is 0.928. The number of rotatable bonds is 4. The van der Waals surface area contributed by atoms with E-state index in [1.807, 2.05) is 0 Å². The molecule has 2 aromatic carbocycles. The van der Waals surface area contributed by atoms with Crippen LogP contribution < -0.4 is 15.2 Å². The van der Waals surface area contributed by atoms with Gasteiger partial charge in [0.05, 0.1) is 14.2 Å². The van der Waals surface area contributed by atoms with Gasteiger partial charge in [0.25, 0.3) is 0 Å². The standard InChI is InChI=1S/C17H21NO2/c1-19-14-7-4-11-5-8-15(20-2)17-12(9-10-18)3-6-13(14)16(11)17/h4-5,7-8,12H,3,6,9-10,18H2,1-2H3/t12-/m0/s1. The maximum absolute atomic E-state index is 5.79. The lowest BCUT2D eigenvalue weighted by atomic mass is 9.79. The van der Waals surface area contributed by atoms with Gasteiger partial charge in [-0.15, -0.1) is 0 Å². The van der Waals surface area contributed by atoms with Gasteiger partial charge < -0.3 is 15.2 Å². The molecule has 0 saturated heterocycles. The van der Waals surface area contributed by atoms with Crippen LogP contribution in [-0.4, -0.2) is 20.8 Å². The molecule has 1 aliphatic rings. The average molecular weight is 271 g/mol. The van der Waals surface area contributed by atoms with E-state index in [1.165, 1.54) is 21.9 Å². The Hall–Kier alpha value is -1.74. The Morgan fingerprint density at radius 2 is 1.80 bits per heavy atom. The van der Waals surface area contributed by atoms with Crippen LogP contribution in [0.3, 0.4) is 0 Å². The summed E-state index contributed by atoms with van der Waals surface area (Å²) < 4.78 is 11.1. The molecule has 2 aromatic rings. The zero-order valence-electron chi connectivity index (χ0n) is 12.1. The number of nitrogens with two attached hydrogens (primary N) is 1. The fourth-order valence-corrected chi connectivity index (χ4v) is 3.46. The normalized spacial score (nSPS) is 17.2. The van der Waals surface area contributed by atoms with E-state index >= 15 is 0 Å². The summed E-state index contributed by atoms with van der Waals surface area (Å²) in [5.41, 5.74) is 8.42. The topological polar surface area (TPSA) is 44.5 Å². The maximum atomic E-state index is 5.79. The van der Waals surface area contributed by atoms with Crippen LogP contribution in [0.2, 0.25) is 0 Å². The van der Waals surface area contributed by atoms with Crippen molar-refractivity contribution < 1.29 is 9.47 Å². The number of ether oxygens (including phenoxy) is 2. The number of aryl methyl sites for hydroxylation is 1. The largest absolute Gasteiger partial charge is 0.496 e. The summed E-state index contributed by atoms with van der Waals surface area (Å²) in [6.45, 7) is 0.712. The second-order valence-electron chi connectivity index (χ2n) is 5.34. The van der Waals surface area contributed by atoms with E-state index in [0.29, 0.717) is 12.5 Å². The molecule has 0 amide bonds. The molecule has 0 bridgehead atoms. The molecule has 106 valence electrons. The zero-order valence-corrected chi connectivity index (χ0v) is 12.1. The first kappa shape index (κ1) is 13.3. The molecule has 0 aromatic heterocycles. The molecule has 3 heteroatoms. The van der Waals surface area contributed by atoms with Gasteiger partial charge >= 0.3 is 0 Å². The Morgan fingerprint density at radius 3 is 2.45 bits per heavy atom. The fourth-order valence-electron chi connectivity index (χ4n) is 3.46. The lowest BCUT2D eigenvalue weighted by Gasteiger charge is -2.28. The maximum Gasteiger partial charge on any atom is 0.122 e. The highest BCUT2D eigenvalue weighted by Crippen LogP contribution is 2.45. The number of hydrogen-bond donors (Lipinski definition) is 1. The predicted octanol–water partition coefficient (Wildman–Crippen LogP) is 3.24.